The van der Waals surface area contributed by atoms with Gasteiger partial charge >= 0.3 is 0 Å². The highest BCUT2D eigenvalue weighted by atomic mass is 19.1. The minimum absolute atomic E-state index is 0.251. The Morgan fingerprint density at radius 2 is 1.67 bits per heavy atom. The molecule has 0 radical (unpaired) electrons. The molecule has 170 valence electrons. The quantitative estimate of drug-likeness (QED) is 0.248. The number of carbonyl (C=O) groups excluding carboxylic acids is 2. The molecule has 0 saturated heterocycles. The summed E-state index contributed by atoms with van der Waals surface area (Å²) in [7, 11) is 0. The first-order chi connectivity index (χ1) is 16.1. The van der Waals surface area contributed by atoms with Crippen LogP contribution in [-0.2, 0) is 0 Å². The molecule has 3 aromatic rings. The molecule has 6 nitrogen and oxygen atoms in total. The Morgan fingerprint density at radius 1 is 0.939 bits per heavy atom. The molecule has 3 rings (SSSR count). The number of hydrogen-bond acceptors (Lipinski definition) is 4. The van der Waals surface area contributed by atoms with Crippen LogP contribution in [-0.4, -0.2) is 24.6 Å². The Kier molecular flexibility index (Phi) is 8.71. The molecule has 0 atom stereocenters. The predicted octanol–water partition coefficient (Wildman–Crippen LogP) is 5.41. The minimum atomic E-state index is -0.475. The second kappa shape index (κ2) is 12.1. The fraction of sp³-hybridized carbons (Fsp3) is 0.192. The molecule has 3 aromatic carbocycles. The molecule has 0 spiro atoms. The van der Waals surface area contributed by atoms with Gasteiger partial charge in [0.25, 0.3) is 11.8 Å². The third kappa shape index (κ3) is 7.28. The number of para-hydroxylation sites is 1. The van der Waals surface area contributed by atoms with E-state index in [0.29, 0.717) is 12.3 Å². The molecule has 0 aliphatic rings. The number of rotatable bonds is 10. The van der Waals surface area contributed by atoms with Crippen LogP contribution in [0.5, 0.6) is 5.75 Å². The van der Waals surface area contributed by atoms with Gasteiger partial charge in [-0.15, -0.1) is 0 Å². The smallest absolute Gasteiger partial charge is 0.273 e. The van der Waals surface area contributed by atoms with Crippen molar-refractivity contribution in [3.05, 3.63) is 95.3 Å². The molecule has 7 heteroatoms. The van der Waals surface area contributed by atoms with Crippen LogP contribution in [0.4, 0.5) is 10.1 Å². The van der Waals surface area contributed by atoms with Gasteiger partial charge in [0.2, 0.25) is 0 Å². The third-order valence-electron chi connectivity index (χ3n) is 4.80. The Hall–Kier alpha value is -4.00. The van der Waals surface area contributed by atoms with Crippen molar-refractivity contribution in [1.29, 1.82) is 0 Å². The van der Waals surface area contributed by atoms with Crippen LogP contribution in [0.1, 0.15) is 52.5 Å². The average Bonchev–Trinajstić information content (AvgIpc) is 2.83. The second-order valence-electron chi connectivity index (χ2n) is 7.33. The fourth-order valence-corrected chi connectivity index (χ4v) is 3.00. The number of anilines is 1. The van der Waals surface area contributed by atoms with Crippen LogP contribution in [0.3, 0.4) is 0 Å². The number of benzene rings is 3. The van der Waals surface area contributed by atoms with E-state index in [9.17, 15) is 14.0 Å². The van der Waals surface area contributed by atoms with Gasteiger partial charge in [0.1, 0.15) is 11.6 Å². The third-order valence-corrected chi connectivity index (χ3v) is 4.80. The largest absolute Gasteiger partial charge is 0.494 e. The zero-order valence-corrected chi connectivity index (χ0v) is 18.4. The van der Waals surface area contributed by atoms with Crippen molar-refractivity contribution < 1.29 is 18.7 Å². The van der Waals surface area contributed by atoms with Crippen molar-refractivity contribution in [2.24, 2.45) is 5.10 Å². The highest BCUT2D eigenvalue weighted by Gasteiger charge is 2.13. The van der Waals surface area contributed by atoms with Gasteiger partial charge in [0.15, 0.2) is 0 Å². The summed E-state index contributed by atoms with van der Waals surface area (Å²) in [6.45, 7) is 2.84. The van der Waals surface area contributed by atoms with Gasteiger partial charge in [-0.1, -0.05) is 31.9 Å². The van der Waals surface area contributed by atoms with Crippen molar-refractivity contribution in [2.75, 3.05) is 11.9 Å². The van der Waals surface area contributed by atoms with Gasteiger partial charge < -0.3 is 10.1 Å². The molecule has 0 saturated carbocycles. The van der Waals surface area contributed by atoms with E-state index in [2.05, 4.69) is 22.8 Å². The summed E-state index contributed by atoms with van der Waals surface area (Å²) in [6.07, 6.45) is 4.84. The van der Waals surface area contributed by atoms with E-state index in [1.165, 1.54) is 30.5 Å². The zero-order chi connectivity index (χ0) is 23.5. The van der Waals surface area contributed by atoms with E-state index in [1.54, 1.807) is 24.3 Å². The van der Waals surface area contributed by atoms with Crippen molar-refractivity contribution >= 4 is 23.7 Å². The number of amides is 2. The van der Waals surface area contributed by atoms with Crippen LogP contribution in [0.2, 0.25) is 0 Å². The fourth-order valence-electron chi connectivity index (χ4n) is 3.00. The lowest BCUT2D eigenvalue weighted by Crippen LogP contribution is -2.21. The molecule has 2 amide bonds. The molecule has 0 aromatic heterocycles. The first-order valence-corrected chi connectivity index (χ1v) is 10.8. The second-order valence-corrected chi connectivity index (χ2v) is 7.33. The summed E-state index contributed by atoms with van der Waals surface area (Å²) >= 11 is 0. The highest BCUT2D eigenvalue weighted by Crippen LogP contribution is 2.17. The average molecular weight is 448 g/mol. The van der Waals surface area contributed by atoms with E-state index in [4.69, 9.17) is 4.74 Å². The maximum atomic E-state index is 13.1. The monoisotopic (exact) mass is 447 g/mol. The topological polar surface area (TPSA) is 79.8 Å². The highest BCUT2D eigenvalue weighted by molar-refractivity contribution is 6.09. The minimum Gasteiger partial charge on any atom is -0.494 e. The number of halogens is 1. The van der Waals surface area contributed by atoms with Crippen molar-refractivity contribution in [1.82, 2.24) is 5.43 Å². The summed E-state index contributed by atoms with van der Waals surface area (Å²) in [4.78, 5) is 25.0. The predicted molar refractivity (Wildman–Crippen MR) is 127 cm³/mol. The maximum Gasteiger partial charge on any atom is 0.273 e. The molecule has 0 unspecified atom stereocenters. The number of hydrazone groups is 1. The first-order valence-electron chi connectivity index (χ1n) is 10.8. The summed E-state index contributed by atoms with van der Waals surface area (Å²) in [6, 6.07) is 19.1. The van der Waals surface area contributed by atoms with E-state index >= 15 is 0 Å². The SMILES string of the molecule is CCCCCOc1ccc(/C=N\NC(=O)c2ccccc2NC(=O)c2ccc(F)cc2)cc1. The van der Waals surface area contributed by atoms with Crippen LogP contribution in [0.15, 0.2) is 77.9 Å². The summed E-state index contributed by atoms with van der Waals surface area (Å²) < 4.78 is 18.8. The summed E-state index contributed by atoms with van der Waals surface area (Å²) in [5.74, 6) is -0.565. The molecule has 0 heterocycles. The Morgan fingerprint density at radius 3 is 2.39 bits per heavy atom. The molecule has 0 aliphatic carbocycles. The number of carbonyl (C=O) groups is 2. The molecular formula is C26H26FN3O3. The lowest BCUT2D eigenvalue weighted by atomic mass is 10.1. The van der Waals surface area contributed by atoms with Crippen molar-refractivity contribution in [3.63, 3.8) is 0 Å². The standard InChI is InChI=1S/C26H26FN3O3/c1-2-3-6-17-33-22-15-9-19(10-16-22)18-28-30-26(32)23-7-4-5-8-24(23)29-25(31)20-11-13-21(27)14-12-20/h4-5,7-16,18H,2-3,6,17H2,1H3,(H,29,31)(H,30,32)/b28-18-. The van der Waals surface area contributed by atoms with Crippen molar-refractivity contribution in [2.45, 2.75) is 26.2 Å². The van der Waals surface area contributed by atoms with Crippen molar-refractivity contribution in [3.8, 4) is 5.75 Å². The van der Waals surface area contributed by atoms with E-state index in [1.807, 2.05) is 24.3 Å². The summed E-state index contributed by atoms with van der Waals surface area (Å²) in [5.41, 5.74) is 4.12. The molecule has 33 heavy (non-hydrogen) atoms. The first kappa shape index (κ1) is 23.7. The van der Waals surface area contributed by atoms with Crippen LogP contribution in [0, 0.1) is 5.82 Å². The Labute approximate surface area is 192 Å². The lowest BCUT2D eigenvalue weighted by Gasteiger charge is -2.10. The maximum absolute atomic E-state index is 13.1. The van der Waals surface area contributed by atoms with E-state index in [-0.39, 0.29) is 11.1 Å². The number of unbranched alkanes of at least 4 members (excludes halogenated alkanes) is 2. The number of hydrogen-bond donors (Lipinski definition) is 2. The van der Waals surface area contributed by atoms with Gasteiger partial charge in [-0.25, -0.2) is 9.82 Å². The molecule has 2 N–H and O–H groups in total. The van der Waals surface area contributed by atoms with Gasteiger partial charge in [0, 0.05) is 5.56 Å². The number of ether oxygens (including phenoxy) is 1. The van der Waals surface area contributed by atoms with E-state index in [0.717, 1.165) is 30.6 Å². The normalized spacial score (nSPS) is 10.7. The Balaban J connectivity index is 1.57. The number of nitrogens with zero attached hydrogens (tertiary/aromatic N) is 1. The lowest BCUT2D eigenvalue weighted by molar-refractivity contribution is 0.0956. The molecule has 0 aliphatic heterocycles. The molecule has 0 bridgehead atoms. The van der Waals surface area contributed by atoms with Gasteiger partial charge in [0.05, 0.1) is 24.1 Å². The Bertz CT molecular complexity index is 1100. The summed E-state index contributed by atoms with van der Waals surface area (Å²) in [5, 5.41) is 6.68. The van der Waals surface area contributed by atoms with Crippen LogP contribution >= 0.6 is 0 Å². The van der Waals surface area contributed by atoms with Gasteiger partial charge in [-0.05, 0) is 72.6 Å². The van der Waals surface area contributed by atoms with Crippen LogP contribution < -0.4 is 15.5 Å². The van der Waals surface area contributed by atoms with Gasteiger partial charge in [-0.2, -0.15) is 5.10 Å². The zero-order valence-electron chi connectivity index (χ0n) is 18.4. The molecule has 0 fully saturated rings. The number of nitrogens with one attached hydrogen (secondary N) is 2. The molecular weight excluding hydrogens is 421 g/mol. The van der Waals surface area contributed by atoms with Crippen LogP contribution in [0.25, 0.3) is 0 Å². The van der Waals surface area contributed by atoms with E-state index < -0.39 is 17.6 Å². The van der Waals surface area contributed by atoms with Gasteiger partial charge in [-0.3, -0.25) is 9.59 Å².